The number of nitrogens with zero attached hydrogens (tertiary/aromatic N) is 2. The Morgan fingerprint density at radius 1 is 1.15 bits per heavy atom. The van der Waals surface area contributed by atoms with Gasteiger partial charge in [0.2, 0.25) is 5.91 Å². The topological polar surface area (TPSA) is 40.6 Å². The first kappa shape index (κ1) is 16.4. The van der Waals surface area contributed by atoms with Gasteiger partial charge in [-0.15, -0.1) is 0 Å². The van der Waals surface area contributed by atoms with Crippen molar-refractivity contribution in [1.82, 2.24) is 9.80 Å². The lowest BCUT2D eigenvalue weighted by Gasteiger charge is -2.28. The van der Waals surface area contributed by atoms with Crippen LogP contribution in [0.4, 0.5) is 0 Å². The van der Waals surface area contributed by atoms with Crippen LogP contribution >= 0.6 is 0 Å². The normalized spacial score (nSPS) is 12.2. The predicted octanol–water partition coefficient (Wildman–Crippen LogP) is 2.06. The van der Waals surface area contributed by atoms with Crippen LogP contribution in [-0.4, -0.2) is 54.7 Å². The van der Waals surface area contributed by atoms with Crippen molar-refractivity contribution < 1.29 is 9.59 Å². The standard InChI is InChI=1S/C16H24N2O2/c1-5-11-18(12-15(19)17(3)4)13(2)16(20)14-9-7-6-8-10-14/h6-10,13H,5,11-12H2,1-4H3. The Balaban J connectivity index is 2.80. The number of hydrogen-bond acceptors (Lipinski definition) is 3. The summed E-state index contributed by atoms with van der Waals surface area (Å²) >= 11 is 0. The van der Waals surface area contributed by atoms with E-state index in [1.54, 1.807) is 19.0 Å². The van der Waals surface area contributed by atoms with E-state index in [-0.39, 0.29) is 24.3 Å². The van der Waals surface area contributed by atoms with Crippen molar-refractivity contribution in [2.45, 2.75) is 26.3 Å². The number of hydrogen-bond donors (Lipinski definition) is 0. The number of carbonyl (C=O) groups excluding carboxylic acids is 2. The van der Waals surface area contributed by atoms with Crippen LogP contribution in [0.5, 0.6) is 0 Å². The molecule has 0 aliphatic rings. The number of likely N-dealkylation sites (N-methyl/N-ethyl adjacent to an activating group) is 1. The van der Waals surface area contributed by atoms with E-state index in [1.165, 1.54) is 0 Å². The molecule has 1 aromatic carbocycles. The first-order valence-corrected chi connectivity index (χ1v) is 7.00. The predicted molar refractivity (Wildman–Crippen MR) is 80.8 cm³/mol. The van der Waals surface area contributed by atoms with Crippen LogP contribution in [0.3, 0.4) is 0 Å². The summed E-state index contributed by atoms with van der Waals surface area (Å²) in [5.41, 5.74) is 0.693. The monoisotopic (exact) mass is 276 g/mol. The molecule has 0 heterocycles. The van der Waals surface area contributed by atoms with Gasteiger partial charge < -0.3 is 4.90 Å². The summed E-state index contributed by atoms with van der Waals surface area (Å²) in [5, 5.41) is 0. The zero-order valence-electron chi connectivity index (χ0n) is 12.8. The highest BCUT2D eigenvalue weighted by molar-refractivity contribution is 6.00. The summed E-state index contributed by atoms with van der Waals surface area (Å²) in [5.74, 6) is 0.0803. The van der Waals surface area contributed by atoms with Gasteiger partial charge in [-0.25, -0.2) is 0 Å². The van der Waals surface area contributed by atoms with Gasteiger partial charge in [0.15, 0.2) is 5.78 Å². The quantitative estimate of drug-likeness (QED) is 0.716. The lowest BCUT2D eigenvalue weighted by Crippen LogP contribution is -2.45. The van der Waals surface area contributed by atoms with Gasteiger partial charge in [-0.05, 0) is 19.9 Å². The zero-order valence-corrected chi connectivity index (χ0v) is 12.8. The van der Waals surface area contributed by atoms with Gasteiger partial charge in [0, 0.05) is 19.7 Å². The average Bonchev–Trinajstić information content (AvgIpc) is 2.46. The van der Waals surface area contributed by atoms with Crippen molar-refractivity contribution in [3.8, 4) is 0 Å². The van der Waals surface area contributed by atoms with E-state index >= 15 is 0 Å². The Morgan fingerprint density at radius 2 is 1.75 bits per heavy atom. The number of amides is 1. The Morgan fingerprint density at radius 3 is 2.25 bits per heavy atom. The highest BCUT2D eigenvalue weighted by atomic mass is 16.2. The van der Waals surface area contributed by atoms with Gasteiger partial charge in [-0.2, -0.15) is 0 Å². The Kier molecular flexibility index (Phi) is 6.39. The lowest BCUT2D eigenvalue weighted by molar-refractivity contribution is -0.130. The summed E-state index contributed by atoms with van der Waals surface area (Å²) in [6.07, 6.45) is 0.910. The van der Waals surface area contributed by atoms with E-state index in [9.17, 15) is 9.59 Å². The number of Topliss-reactive ketones (excluding diaryl/α,β-unsaturated/α-hetero) is 1. The minimum atomic E-state index is -0.291. The van der Waals surface area contributed by atoms with E-state index < -0.39 is 0 Å². The molecular formula is C16H24N2O2. The lowest BCUT2D eigenvalue weighted by atomic mass is 10.0. The number of carbonyl (C=O) groups is 2. The fourth-order valence-electron chi connectivity index (χ4n) is 2.02. The summed E-state index contributed by atoms with van der Waals surface area (Å²) in [6, 6.07) is 8.94. The molecular weight excluding hydrogens is 252 g/mol. The molecule has 0 bridgehead atoms. The number of ketones is 1. The van der Waals surface area contributed by atoms with Gasteiger partial charge in [0.25, 0.3) is 0 Å². The molecule has 20 heavy (non-hydrogen) atoms. The Bertz CT molecular complexity index is 443. The van der Waals surface area contributed by atoms with Gasteiger partial charge in [-0.3, -0.25) is 14.5 Å². The van der Waals surface area contributed by atoms with E-state index in [0.717, 1.165) is 13.0 Å². The van der Waals surface area contributed by atoms with Gasteiger partial charge >= 0.3 is 0 Å². The highest BCUT2D eigenvalue weighted by Crippen LogP contribution is 2.10. The molecule has 0 spiro atoms. The summed E-state index contributed by atoms with van der Waals surface area (Å²) < 4.78 is 0. The third-order valence-corrected chi connectivity index (χ3v) is 3.33. The van der Waals surface area contributed by atoms with E-state index in [2.05, 4.69) is 0 Å². The molecule has 0 fully saturated rings. The second kappa shape index (κ2) is 7.80. The van der Waals surface area contributed by atoms with Gasteiger partial charge in [-0.1, -0.05) is 37.3 Å². The molecule has 1 atom stereocenters. The van der Waals surface area contributed by atoms with Crippen molar-refractivity contribution >= 4 is 11.7 Å². The van der Waals surface area contributed by atoms with Crippen LogP contribution in [0.15, 0.2) is 30.3 Å². The molecule has 0 aliphatic carbocycles. The number of benzene rings is 1. The summed E-state index contributed by atoms with van der Waals surface area (Å²) in [7, 11) is 3.46. The first-order chi connectivity index (χ1) is 9.47. The first-order valence-electron chi connectivity index (χ1n) is 7.00. The van der Waals surface area contributed by atoms with Crippen LogP contribution in [0.25, 0.3) is 0 Å². The molecule has 1 unspecified atom stereocenters. The fraction of sp³-hybridized carbons (Fsp3) is 0.500. The van der Waals surface area contributed by atoms with Crippen molar-refractivity contribution in [2.75, 3.05) is 27.2 Å². The van der Waals surface area contributed by atoms with Crippen molar-refractivity contribution in [3.63, 3.8) is 0 Å². The van der Waals surface area contributed by atoms with Crippen molar-refractivity contribution in [3.05, 3.63) is 35.9 Å². The van der Waals surface area contributed by atoms with E-state index in [0.29, 0.717) is 5.56 Å². The Hall–Kier alpha value is -1.68. The van der Waals surface area contributed by atoms with Crippen LogP contribution in [-0.2, 0) is 4.79 Å². The van der Waals surface area contributed by atoms with Crippen LogP contribution in [0.1, 0.15) is 30.6 Å². The summed E-state index contributed by atoms with van der Waals surface area (Å²) in [4.78, 5) is 27.8. The smallest absolute Gasteiger partial charge is 0.236 e. The Labute approximate surface area is 121 Å². The molecule has 110 valence electrons. The fourth-order valence-corrected chi connectivity index (χ4v) is 2.02. The van der Waals surface area contributed by atoms with Crippen LogP contribution in [0.2, 0.25) is 0 Å². The second-order valence-electron chi connectivity index (χ2n) is 5.16. The average molecular weight is 276 g/mol. The third-order valence-electron chi connectivity index (χ3n) is 3.33. The molecule has 1 amide bonds. The molecule has 0 aliphatic heterocycles. The molecule has 1 rings (SSSR count). The van der Waals surface area contributed by atoms with Crippen molar-refractivity contribution in [2.24, 2.45) is 0 Å². The SMILES string of the molecule is CCCN(CC(=O)N(C)C)C(C)C(=O)c1ccccc1. The van der Waals surface area contributed by atoms with Crippen LogP contribution < -0.4 is 0 Å². The summed E-state index contributed by atoms with van der Waals surface area (Å²) in [6.45, 7) is 4.93. The van der Waals surface area contributed by atoms with E-state index in [4.69, 9.17) is 0 Å². The van der Waals surface area contributed by atoms with Crippen molar-refractivity contribution in [1.29, 1.82) is 0 Å². The maximum Gasteiger partial charge on any atom is 0.236 e. The minimum Gasteiger partial charge on any atom is -0.348 e. The molecule has 4 nitrogen and oxygen atoms in total. The second-order valence-corrected chi connectivity index (χ2v) is 5.16. The van der Waals surface area contributed by atoms with Crippen LogP contribution in [0, 0.1) is 0 Å². The highest BCUT2D eigenvalue weighted by Gasteiger charge is 2.24. The zero-order chi connectivity index (χ0) is 15.1. The largest absolute Gasteiger partial charge is 0.348 e. The molecule has 4 heteroatoms. The molecule has 0 radical (unpaired) electrons. The maximum absolute atomic E-state index is 12.4. The van der Waals surface area contributed by atoms with E-state index in [1.807, 2.05) is 49.1 Å². The molecule has 1 aromatic rings. The molecule has 0 aromatic heterocycles. The van der Waals surface area contributed by atoms with Gasteiger partial charge in [0.1, 0.15) is 0 Å². The maximum atomic E-state index is 12.4. The van der Waals surface area contributed by atoms with Gasteiger partial charge in [0.05, 0.1) is 12.6 Å². The molecule has 0 N–H and O–H groups in total. The minimum absolute atomic E-state index is 0.0196. The molecule has 0 saturated carbocycles. The number of rotatable bonds is 7. The molecule has 0 saturated heterocycles. The third kappa shape index (κ3) is 4.46.